The van der Waals surface area contributed by atoms with Crippen molar-refractivity contribution in [1.29, 1.82) is 0 Å². The predicted molar refractivity (Wildman–Crippen MR) is 114 cm³/mol. The Morgan fingerprint density at radius 1 is 1.06 bits per heavy atom. The molecule has 0 atom stereocenters. The van der Waals surface area contributed by atoms with Crippen LogP contribution in [0.1, 0.15) is 35.5 Å². The summed E-state index contributed by atoms with van der Waals surface area (Å²) in [5.74, 6) is -0.634. The van der Waals surface area contributed by atoms with Crippen LogP contribution < -0.4 is 5.32 Å². The Bertz CT molecular complexity index is 1220. The van der Waals surface area contributed by atoms with Gasteiger partial charge in [-0.3, -0.25) is 4.79 Å². The van der Waals surface area contributed by atoms with Gasteiger partial charge in [-0.25, -0.2) is 13.1 Å². The Hall–Kier alpha value is -3.25. The number of sulfonamides is 1. The van der Waals surface area contributed by atoms with Crippen LogP contribution in [0.5, 0.6) is 0 Å². The number of para-hydroxylation sites is 1. The Morgan fingerprint density at radius 2 is 1.70 bits per heavy atom. The topological polar surface area (TPSA) is 97.2 Å². The van der Waals surface area contributed by atoms with Crippen LogP contribution in [0.15, 0.2) is 59.6 Å². The number of benzene rings is 2. The molecule has 2 aromatic carbocycles. The van der Waals surface area contributed by atoms with Gasteiger partial charge in [-0.1, -0.05) is 43.3 Å². The zero-order valence-corrected chi connectivity index (χ0v) is 18.7. The molecule has 1 amide bonds. The van der Waals surface area contributed by atoms with Gasteiger partial charge >= 0.3 is 6.18 Å². The van der Waals surface area contributed by atoms with Gasteiger partial charge in [0.05, 0.1) is 22.3 Å². The Labute approximate surface area is 189 Å². The fraction of sp³-hybridized carbons (Fsp3) is 0.286. The lowest BCUT2D eigenvalue weighted by atomic mass is 10.1. The van der Waals surface area contributed by atoms with Crippen molar-refractivity contribution >= 4 is 15.9 Å². The monoisotopic (exact) mass is 481 g/mol. The van der Waals surface area contributed by atoms with Crippen LogP contribution >= 0.6 is 0 Å². The standard InChI is InChI=1S/C21H22F3N5O3S/c1-3-28(4-2)33(31,32)16-11-9-15(10-12-16)13-25-20(30)18-14-29(27-26-18)19-8-6-5-7-17(19)21(22,23)24/h5-12,14H,3-4,13H2,1-2H3,(H,25,30). The van der Waals surface area contributed by atoms with Gasteiger partial charge in [0.1, 0.15) is 0 Å². The molecule has 0 aliphatic rings. The molecule has 1 aromatic heterocycles. The van der Waals surface area contributed by atoms with Crippen molar-refractivity contribution in [3.05, 3.63) is 71.5 Å². The number of halogens is 3. The summed E-state index contributed by atoms with van der Waals surface area (Å²) in [6, 6.07) is 10.9. The summed E-state index contributed by atoms with van der Waals surface area (Å²) < 4.78 is 66.9. The molecule has 1 heterocycles. The lowest BCUT2D eigenvalue weighted by Gasteiger charge is -2.18. The van der Waals surface area contributed by atoms with E-state index < -0.39 is 27.7 Å². The average molecular weight is 482 g/mol. The molecule has 1 N–H and O–H groups in total. The minimum atomic E-state index is -4.59. The highest BCUT2D eigenvalue weighted by Gasteiger charge is 2.34. The van der Waals surface area contributed by atoms with E-state index in [1.807, 2.05) is 0 Å². The largest absolute Gasteiger partial charge is 0.418 e. The number of nitrogens with zero attached hydrogens (tertiary/aromatic N) is 4. The van der Waals surface area contributed by atoms with Crippen LogP contribution in [-0.2, 0) is 22.7 Å². The lowest BCUT2D eigenvalue weighted by Crippen LogP contribution is -2.30. The van der Waals surface area contributed by atoms with Crippen LogP contribution in [0.2, 0.25) is 0 Å². The summed E-state index contributed by atoms with van der Waals surface area (Å²) in [6.45, 7) is 4.28. The second kappa shape index (κ2) is 9.71. The Morgan fingerprint density at radius 3 is 2.30 bits per heavy atom. The maximum atomic E-state index is 13.2. The number of nitrogens with one attached hydrogen (secondary N) is 1. The number of aromatic nitrogens is 3. The van der Waals surface area contributed by atoms with Crippen LogP contribution in [0.25, 0.3) is 5.69 Å². The van der Waals surface area contributed by atoms with E-state index in [2.05, 4.69) is 15.6 Å². The van der Waals surface area contributed by atoms with Gasteiger partial charge in [0.2, 0.25) is 10.0 Å². The van der Waals surface area contributed by atoms with Gasteiger partial charge in [0.15, 0.2) is 5.69 Å². The zero-order chi connectivity index (χ0) is 24.2. The summed E-state index contributed by atoms with van der Waals surface area (Å²) in [5.41, 5.74) is -0.674. The summed E-state index contributed by atoms with van der Waals surface area (Å²) in [4.78, 5) is 12.5. The second-order valence-electron chi connectivity index (χ2n) is 6.98. The third-order valence-corrected chi connectivity index (χ3v) is 6.97. The van der Waals surface area contributed by atoms with E-state index in [0.717, 1.165) is 16.9 Å². The summed E-state index contributed by atoms with van der Waals surface area (Å²) in [6.07, 6.45) is -3.48. The number of hydrogen-bond acceptors (Lipinski definition) is 5. The summed E-state index contributed by atoms with van der Waals surface area (Å²) in [7, 11) is -3.59. The summed E-state index contributed by atoms with van der Waals surface area (Å²) >= 11 is 0. The van der Waals surface area contributed by atoms with Crippen molar-refractivity contribution in [2.45, 2.75) is 31.5 Å². The van der Waals surface area contributed by atoms with Crippen LogP contribution in [0.3, 0.4) is 0 Å². The minimum absolute atomic E-state index is 0.0659. The molecule has 0 saturated carbocycles. The molecule has 3 rings (SSSR count). The van der Waals surface area contributed by atoms with Gasteiger partial charge in [-0.05, 0) is 29.8 Å². The smallest absolute Gasteiger partial charge is 0.347 e. The van der Waals surface area contributed by atoms with E-state index in [-0.39, 0.29) is 22.8 Å². The van der Waals surface area contributed by atoms with E-state index in [1.165, 1.54) is 34.6 Å². The molecule has 0 saturated heterocycles. The van der Waals surface area contributed by atoms with Crippen LogP contribution in [-0.4, -0.2) is 46.7 Å². The SMILES string of the molecule is CCN(CC)S(=O)(=O)c1ccc(CNC(=O)c2cn(-c3ccccc3C(F)(F)F)nn2)cc1. The quantitative estimate of drug-likeness (QED) is 0.533. The molecular weight excluding hydrogens is 459 g/mol. The second-order valence-corrected chi connectivity index (χ2v) is 8.92. The first kappa shape index (κ1) is 24.4. The molecule has 33 heavy (non-hydrogen) atoms. The van der Waals surface area contributed by atoms with E-state index >= 15 is 0 Å². The predicted octanol–water partition coefficient (Wildman–Crippen LogP) is 3.25. The highest BCUT2D eigenvalue weighted by atomic mass is 32.2. The molecule has 0 aliphatic carbocycles. The van der Waals surface area contributed by atoms with Crippen molar-refractivity contribution < 1.29 is 26.4 Å². The molecule has 0 spiro atoms. The molecule has 0 unspecified atom stereocenters. The lowest BCUT2D eigenvalue weighted by molar-refractivity contribution is -0.137. The summed E-state index contributed by atoms with van der Waals surface area (Å²) in [5, 5.41) is 9.90. The number of hydrogen-bond donors (Lipinski definition) is 1. The average Bonchev–Trinajstić information content (AvgIpc) is 3.28. The zero-order valence-electron chi connectivity index (χ0n) is 17.9. The van der Waals surface area contributed by atoms with Gasteiger partial charge in [0.25, 0.3) is 5.91 Å². The Kier molecular flexibility index (Phi) is 7.18. The van der Waals surface area contributed by atoms with Crippen molar-refractivity contribution in [2.75, 3.05) is 13.1 Å². The highest BCUT2D eigenvalue weighted by Crippen LogP contribution is 2.33. The molecule has 12 heteroatoms. The Balaban J connectivity index is 1.69. The molecule has 176 valence electrons. The van der Waals surface area contributed by atoms with E-state index in [0.29, 0.717) is 18.7 Å². The van der Waals surface area contributed by atoms with Gasteiger partial charge in [-0.15, -0.1) is 5.10 Å². The number of amides is 1. The number of alkyl halides is 3. The van der Waals surface area contributed by atoms with Crippen LogP contribution in [0.4, 0.5) is 13.2 Å². The first-order chi connectivity index (χ1) is 15.6. The maximum absolute atomic E-state index is 13.2. The van der Waals surface area contributed by atoms with E-state index in [9.17, 15) is 26.4 Å². The molecule has 8 nitrogen and oxygen atoms in total. The maximum Gasteiger partial charge on any atom is 0.418 e. The van der Waals surface area contributed by atoms with E-state index in [4.69, 9.17) is 0 Å². The molecule has 0 fully saturated rings. The van der Waals surface area contributed by atoms with Gasteiger partial charge in [0, 0.05) is 19.6 Å². The van der Waals surface area contributed by atoms with Crippen molar-refractivity contribution in [2.24, 2.45) is 0 Å². The third-order valence-electron chi connectivity index (χ3n) is 4.90. The minimum Gasteiger partial charge on any atom is -0.347 e. The highest BCUT2D eigenvalue weighted by molar-refractivity contribution is 7.89. The first-order valence-corrected chi connectivity index (χ1v) is 11.5. The normalized spacial score (nSPS) is 12.2. The molecule has 0 radical (unpaired) electrons. The van der Waals surface area contributed by atoms with Crippen LogP contribution in [0, 0.1) is 0 Å². The first-order valence-electron chi connectivity index (χ1n) is 10.0. The fourth-order valence-corrected chi connectivity index (χ4v) is 4.62. The molecule has 3 aromatic rings. The number of carbonyl (C=O) groups excluding carboxylic acids is 1. The van der Waals surface area contributed by atoms with Gasteiger partial charge < -0.3 is 5.32 Å². The van der Waals surface area contributed by atoms with Crippen molar-refractivity contribution in [3.63, 3.8) is 0 Å². The fourth-order valence-electron chi connectivity index (χ4n) is 3.16. The van der Waals surface area contributed by atoms with E-state index in [1.54, 1.807) is 26.0 Å². The van der Waals surface area contributed by atoms with Gasteiger partial charge in [-0.2, -0.15) is 17.5 Å². The van der Waals surface area contributed by atoms with Crippen molar-refractivity contribution in [1.82, 2.24) is 24.6 Å². The molecule has 0 aliphatic heterocycles. The molecule has 0 bridgehead atoms. The number of carbonyl (C=O) groups is 1. The molecular formula is C21H22F3N5O3S. The number of rotatable bonds is 8. The van der Waals surface area contributed by atoms with Crippen molar-refractivity contribution in [3.8, 4) is 5.69 Å². The third kappa shape index (κ3) is 5.40.